The smallest absolute Gasteiger partial charge is 0.425 e. The van der Waals surface area contributed by atoms with Gasteiger partial charge in [-0.15, -0.1) is 0 Å². The van der Waals surface area contributed by atoms with Gasteiger partial charge in [-0.05, 0) is 69.7 Å². The molecule has 0 spiro atoms. The molecule has 1 aliphatic heterocycles. The van der Waals surface area contributed by atoms with Crippen LogP contribution in [0.15, 0.2) is 29.2 Å². The highest BCUT2D eigenvalue weighted by Crippen LogP contribution is 2.29. The van der Waals surface area contributed by atoms with Gasteiger partial charge in [0.15, 0.2) is 15.9 Å². The Bertz CT molecular complexity index is 890. The van der Waals surface area contributed by atoms with E-state index in [-0.39, 0.29) is 23.2 Å². The van der Waals surface area contributed by atoms with Crippen LogP contribution in [0.3, 0.4) is 0 Å². The normalized spacial score (nSPS) is 23.7. The molecule has 33 heavy (non-hydrogen) atoms. The Morgan fingerprint density at radius 2 is 1.48 bits per heavy atom. The first-order valence-electron chi connectivity index (χ1n) is 11.1. The van der Waals surface area contributed by atoms with Crippen molar-refractivity contribution in [3.63, 3.8) is 0 Å². The first kappa shape index (κ1) is 25.6. The minimum atomic E-state index is -4.57. The van der Waals surface area contributed by atoms with E-state index in [0.717, 1.165) is 38.9 Å². The van der Waals surface area contributed by atoms with Crippen LogP contribution >= 0.6 is 0 Å². The third-order valence-electron chi connectivity index (χ3n) is 6.00. The maximum atomic E-state index is 12.6. The van der Waals surface area contributed by atoms with Gasteiger partial charge in [-0.25, -0.2) is 13.2 Å². The molecule has 0 aromatic heterocycles. The van der Waals surface area contributed by atoms with Crippen molar-refractivity contribution in [2.75, 3.05) is 19.3 Å². The quantitative estimate of drug-likeness (QED) is 0.586. The van der Waals surface area contributed by atoms with Crippen molar-refractivity contribution in [3.8, 4) is 5.75 Å². The van der Waals surface area contributed by atoms with E-state index in [1.807, 2.05) is 0 Å². The Balaban J connectivity index is 1.37. The van der Waals surface area contributed by atoms with Gasteiger partial charge in [0.25, 0.3) is 0 Å². The predicted molar refractivity (Wildman–Crippen MR) is 114 cm³/mol. The lowest BCUT2D eigenvalue weighted by molar-refractivity contribution is -0.200. The van der Waals surface area contributed by atoms with Crippen molar-refractivity contribution in [2.24, 2.45) is 0 Å². The number of hydrogen-bond donors (Lipinski definition) is 0. The molecular formula is C22H30F3NO6S. The number of amides is 1. The number of carbonyl (C=O) groups is 1. The summed E-state index contributed by atoms with van der Waals surface area (Å²) in [7, 11) is -3.24. The van der Waals surface area contributed by atoms with Gasteiger partial charge in [0.05, 0.1) is 23.2 Å². The van der Waals surface area contributed by atoms with Crippen LogP contribution in [0.2, 0.25) is 0 Å². The summed E-state index contributed by atoms with van der Waals surface area (Å²) < 4.78 is 77.4. The summed E-state index contributed by atoms with van der Waals surface area (Å²) in [6, 6.07) is 6.39. The van der Waals surface area contributed by atoms with E-state index in [2.05, 4.69) is 4.74 Å². The fourth-order valence-corrected chi connectivity index (χ4v) is 4.61. The molecular weight excluding hydrogens is 463 g/mol. The molecule has 0 bridgehead atoms. The molecule has 1 aromatic carbocycles. The molecule has 1 saturated carbocycles. The largest absolute Gasteiger partial charge is 0.490 e. The van der Waals surface area contributed by atoms with Crippen LogP contribution in [0, 0.1) is 0 Å². The van der Waals surface area contributed by atoms with Crippen LogP contribution in [-0.2, 0) is 19.3 Å². The average Bonchev–Trinajstić information content (AvgIpc) is 2.74. The number of halogens is 3. The molecule has 1 heterocycles. The van der Waals surface area contributed by atoms with E-state index < -0.39 is 28.2 Å². The maximum Gasteiger partial charge on any atom is 0.425 e. The topological polar surface area (TPSA) is 82.1 Å². The number of piperidine rings is 1. The maximum absolute atomic E-state index is 12.6. The van der Waals surface area contributed by atoms with Gasteiger partial charge < -0.3 is 19.1 Å². The molecule has 2 fully saturated rings. The monoisotopic (exact) mass is 493 g/mol. The number of ether oxygens (including phenoxy) is 3. The fourth-order valence-electron chi connectivity index (χ4n) is 3.98. The van der Waals surface area contributed by atoms with Crippen molar-refractivity contribution in [3.05, 3.63) is 24.3 Å². The standard InChI is InChI=1S/C22H30F3NO6S/c1-15(22(23,24)25)30-21(27)26-13-11-19(12-14-26)32-17-5-3-16(4-6-17)31-18-7-9-20(10-8-18)33(2,28)29/h7-10,15-17,19H,3-6,11-14H2,1-2H3. The molecule has 1 aliphatic carbocycles. The Hall–Kier alpha value is -2.01. The summed E-state index contributed by atoms with van der Waals surface area (Å²) >= 11 is 0. The second-order valence-corrected chi connectivity index (χ2v) is 10.7. The number of nitrogens with zero attached hydrogens (tertiary/aromatic N) is 1. The van der Waals surface area contributed by atoms with Gasteiger partial charge in [0, 0.05) is 19.3 Å². The van der Waals surface area contributed by atoms with Crippen LogP contribution < -0.4 is 4.74 Å². The Morgan fingerprint density at radius 1 is 0.970 bits per heavy atom. The molecule has 2 aliphatic rings. The van der Waals surface area contributed by atoms with Crippen molar-refractivity contribution in [2.45, 2.75) is 80.9 Å². The number of rotatable bonds is 6. The second kappa shape index (κ2) is 10.5. The van der Waals surface area contributed by atoms with E-state index in [4.69, 9.17) is 9.47 Å². The molecule has 0 radical (unpaired) electrons. The van der Waals surface area contributed by atoms with Gasteiger partial charge >= 0.3 is 12.3 Å². The van der Waals surface area contributed by atoms with Crippen LogP contribution in [0.25, 0.3) is 0 Å². The van der Waals surface area contributed by atoms with Crippen LogP contribution in [-0.4, -0.2) is 69.3 Å². The van der Waals surface area contributed by atoms with Crippen molar-refractivity contribution < 1.29 is 40.6 Å². The SMILES string of the molecule is CC(OC(=O)N1CCC(OC2CCC(Oc3ccc(S(C)(=O)=O)cc3)CC2)CC1)C(F)(F)F. The number of likely N-dealkylation sites (tertiary alicyclic amines) is 1. The van der Waals surface area contributed by atoms with Gasteiger partial charge in [-0.1, -0.05) is 0 Å². The Labute approximate surface area is 192 Å². The van der Waals surface area contributed by atoms with Gasteiger partial charge in [-0.2, -0.15) is 13.2 Å². The summed E-state index contributed by atoms with van der Waals surface area (Å²) in [4.78, 5) is 13.5. The van der Waals surface area contributed by atoms with Gasteiger partial charge in [0.2, 0.25) is 0 Å². The highest BCUT2D eigenvalue weighted by Gasteiger charge is 2.40. The zero-order chi connectivity index (χ0) is 24.2. The van der Waals surface area contributed by atoms with Crippen LogP contribution in [0.4, 0.5) is 18.0 Å². The van der Waals surface area contributed by atoms with Crippen LogP contribution in [0.5, 0.6) is 5.75 Å². The molecule has 1 saturated heterocycles. The molecule has 1 atom stereocenters. The van der Waals surface area contributed by atoms with Gasteiger partial charge in [0.1, 0.15) is 5.75 Å². The van der Waals surface area contributed by atoms with Crippen molar-refractivity contribution >= 4 is 15.9 Å². The fraction of sp³-hybridized carbons (Fsp3) is 0.682. The first-order valence-corrected chi connectivity index (χ1v) is 13.0. The summed E-state index contributed by atoms with van der Waals surface area (Å²) in [5.74, 6) is 0.630. The third kappa shape index (κ3) is 7.49. The van der Waals surface area contributed by atoms with Crippen LogP contribution in [0.1, 0.15) is 45.4 Å². The molecule has 1 unspecified atom stereocenters. The molecule has 0 N–H and O–H groups in total. The highest BCUT2D eigenvalue weighted by atomic mass is 32.2. The molecule has 3 rings (SSSR count). The molecule has 186 valence electrons. The summed E-state index contributed by atoms with van der Waals surface area (Å²) in [5.41, 5.74) is 0. The molecule has 7 nitrogen and oxygen atoms in total. The number of hydrogen-bond acceptors (Lipinski definition) is 6. The van der Waals surface area contributed by atoms with E-state index in [1.54, 1.807) is 12.1 Å². The number of alkyl halides is 3. The zero-order valence-electron chi connectivity index (χ0n) is 18.7. The molecule has 1 aromatic rings. The lowest BCUT2D eigenvalue weighted by Gasteiger charge is -2.36. The van der Waals surface area contributed by atoms with E-state index in [1.165, 1.54) is 17.0 Å². The van der Waals surface area contributed by atoms with Crippen molar-refractivity contribution in [1.29, 1.82) is 0 Å². The minimum absolute atomic E-state index is 0.0289. The lowest BCUT2D eigenvalue weighted by atomic mass is 9.94. The number of carbonyl (C=O) groups excluding carboxylic acids is 1. The third-order valence-corrected chi connectivity index (χ3v) is 7.13. The Morgan fingerprint density at radius 3 is 2.00 bits per heavy atom. The lowest BCUT2D eigenvalue weighted by Crippen LogP contribution is -2.44. The van der Waals surface area contributed by atoms with Crippen molar-refractivity contribution in [1.82, 2.24) is 4.90 Å². The highest BCUT2D eigenvalue weighted by molar-refractivity contribution is 7.90. The predicted octanol–water partition coefficient (Wildman–Crippen LogP) is 4.35. The summed E-state index contributed by atoms with van der Waals surface area (Å²) in [6.07, 6.45) is -2.07. The average molecular weight is 494 g/mol. The Kier molecular flexibility index (Phi) is 8.15. The number of benzene rings is 1. The summed E-state index contributed by atoms with van der Waals surface area (Å²) in [5, 5.41) is 0. The zero-order valence-corrected chi connectivity index (χ0v) is 19.5. The first-order chi connectivity index (χ1) is 15.4. The van der Waals surface area contributed by atoms with E-state index in [9.17, 15) is 26.4 Å². The number of sulfone groups is 1. The minimum Gasteiger partial charge on any atom is -0.490 e. The van der Waals surface area contributed by atoms with E-state index >= 15 is 0 Å². The second-order valence-electron chi connectivity index (χ2n) is 8.65. The summed E-state index contributed by atoms with van der Waals surface area (Å²) in [6.45, 7) is 1.42. The molecule has 1 amide bonds. The van der Waals surface area contributed by atoms with E-state index in [0.29, 0.717) is 31.7 Å². The molecule has 11 heteroatoms. The van der Waals surface area contributed by atoms with Gasteiger partial charge in [-0.3, -0.25) is 0 Å².